The molecule has 1 saturated heterocycles. The fourth-order valence-corrected chi connectivity index (χ4v) is 6.15. The van der Waals surface area contributed by atoms with Crippen LogP contribution in [0.15, 0.2) is 52.3 Å². The second-order valence-corrected chi connectivity index (χ2v) is 11.2. The molecule has 194 valence electrons. The minimum Gasteiger partial charge on any atom is -0.493 e. The van der Waals surface area contributed by atoms with Gasteiger partial charge in [0.2, 0.25) is 10.0 Å². The van der Waals surface area contributed by atoms with Gasteiger partial charge in [-0.3, -0.25) is 10.2 Å². The van der Waals surface area contributed by atoms with Crippen molar-refractivity contribution in [1.82, 2.24) is 14.6 Å². The largest absolute Gasteiger partial charge is 0.493 e. The molecule has 3 rings (SSSR count). The highest BCUT2D eigenvalue weighted by molar-refractivity contribution is 7.89. The number of amides is 1. The van der Waals surface area contributed by atoms with E-state index in [9.17, 15) is 26.4 Å². The number of nitrogens with one attached hydrogen (secondary N) is 2. The standard InChI is InChI=1S/C22H25N3O9S2/c1-33-18-12-15(8-9-20(26)27)13-19(21(18)34-2)35(29,30)24-23-22(28)16-6-5-7-17(14-16)36(31,32)25-10-3-4-11-25/h5-9,12-14,24H,3-4,10-11H2,1-2H3,(H,23,28)(H,26,27)/b9-8+. The zero-order valence-electron chi connectivity index (χ0n) is 19.4. The molecule has 36 heavy (non-hydrogen) atoms. The summed E-state index contributed by atoms with van der Waals surface area (Å²) in [6.07, 6.45) is 3.48. The summed E-state index contributed by atoms with van der Waals surface area (Å²) >= 11 is 0. The van der Waals surface area contributed by atoms with Crippen LogP contribution in [-0.4, -0.2) is 65.4 Å². The normalized spacial score (nSPS) is 14.6. The van der Waals surface area contributed by atoms with Crippen molar-refractivity contribution in [1.29, 1.82) is 0 Å². The van der Waals surface area contributed by atoms with E-state index in [0.717, 1.165) is 37.1 Å². The highest BCUT2D eigenvalue weighted by Gasteiger charge is 2.28. The number of ether oxygens (including phenoxy) is 2. The number of carbonyl (C=O) groups excluding carboxylic acids is 1. The van der Waals surface area contributed by atoms with Crippen molar-refractivity contribution in [2.75, 3.05) is 27.3 Å². The molecule has 0 atom stereocenters. The van der Waals surface area contributed by atoms with Gasteiger partial charge in [0.05, 0.1) is 19.1 Å². The second-order valence-electron chi connectivity index (χ2n) is 7.62. The Morgan fingerprint density at radius 2 is 1.72 bits per heavy atom. The molecule has 0 saturated carbocycles. The molecule has 12 nitrogen and oxygen atoms in total. The zero-order valence-corrected chi connectivity index (χ0v) is 21.1. The number of methoxy groups -OCH3 is 2. The topological polar surface area (TPSA) is 168 Å². The Kier molecular flexibility index (Phi) is 8.35. The van der Waals surface area contributed by atoms with Gasteiger partial charge in [-0.05, 0) is 54.8 Å². The highest BCUT2D eigenvalue weighted by atomic mass is 32.2. The lowest BCUT2D eigenvalue weighted by Gasteiger charge is -2.16. The van der Waals surface area contributed by atoms with Crippen molar-refractivity contribution in [3.8, 4) is 11.5 Å². The Morgan fingerprint density at radius 3 is 2.33 bits per heavy atom. The van der Waals surface area contributed by atoms with E-state index in [0.29, 0.717) is 13.1 Å². The molecule has 0 aromatic heterocycles. The van der Waals surface area contributed by atoms with Crippen LogP contribution in [0, 0.1) is 0 Å². The number of sulfonamides is 2. The van der Waals surface area contributed by atoms with E-state index in [4.69, 9.17) is 14.6 Å². The molecule has 0 spiro atoms. The number of benzene rings is 2. The third-order valence-electron chi connectivity index (χ3n) is 5.27. The van der Waals surface area contributed by atoms with Crippen molar-refractivity contribution in [3.63, 3.8) is 0 Å². The molecule has 14 heteroatoms. The van der Waals surface area contributed by atoms with Crippen molar-refractivity contribution >= 4 is 38.0 Å². The zero-order chi connectivity index (χ0) is 26.5. The molecule has 2 aromatic carbocycles. The molecule has 1 aliphatic rings. The molecule has 3 N–H and O–H groups in total. The first-order valence-corrected chi connectivity index (χ1v) is 13.5. The fraction of sp³-hybridized carbons (Fsp3) is 0.273. The Labute approximate surface area is 208 Å². The van der Waals surface area contributed by atoms with Gasteiger partial charge in [-0.2, -0.15) is 4.31 Å². The van der Waals surface area contributed by atoms with E-state index in [1.54, 1.807) is 0 Å². The maximum Gasteiger partial charge on any atom is 0.328 e. The van der Waals surface area contributed by atoms with Gasteiger partial charge in [-0.15, -0.1) is 4.83 Å². The summed E-state index contributed by atoms with van der Waals surface area (Å²) in [4.78, 5) is 24.9. The van der Waals surface area contributed by atoms with Gasteiger partial charge in [-0.25, -0.2) is 21.6 Å². The maximum atomic E-state index is 13.0. The molecule has 0 unspecified atom stereocenters. The van der Waals surface area contributed by atoms with Gasteiger partial charge in [0, 0.05) is 24.7 Å². The summed E-state index contributed by atoms with van der Waals surface area (Å²) in [5.74, 6) is -2.31. The molecular weight excluding hydrogens is 514 g/mol. The number of carboxylic acid groups (broad SMARTS) is 1. The number of hydrogen-bond donors (Lipinski definition) is 3. The Hall–Kier alpha value is -3.46. The molecule has 0 bridgehead atoms. The lowest BCUT2D eigenvalue weighted by Crippen LogP contribution is -2.41. The molecule has 1 heterocycles. The first-order valence-electron chi connectivity index (χ1n) is 10.6. The summed E-state index contributed by atoms with van der Waals surface area (Å²) in [6.45, 7) is 0.787. The minimum absolute atomic E-state index is 0.0107. The lowest BCUT2D eigenvalue weighted by atomic mass is 10.2. The van der Waals surface area contributed by atoms with Crippen LogP contribution < -0.4 is 19.7 Å². The van der Waals surface area contributed by atoms with E-state index in [1.165, 1.54) is 42.8 Å². The average Bonchev–Trinajstić information content (AvgIpc) is 3.41. The summed E-state index contributed by atoms with van der Waals surface area (Å²) < 4.78 is 63.2. The Bertz CT molecular complexity index is 1400. The number of nitrogens with zero attached hydrogens (tertiary/aromatic N) is 1. The number of carbonyl (C=O) groups is 2. The van der Waals surface area contributed by atoms with E-state index < -0.39 is 36.8 Å². The predicted molar refractivity (Wildman–Crippen MR) is 128 cm³/mol. The quantitative estimate of drug-likeness (QED) is 0.297. The number of rotatable bonds is 10. The van der Waals surface area contributed by atoms with Gasteiger partial charge >= 0.3 is 5.97 Å². The number of hydrogen-bond acceptors (Lipinski definition) is 8. The van der Waals surface area contributed by atoms with Crippen molar-refractivity contribution in [3.05, 3.63) is 53.6 Å². The molecule has 0 radical (unpaired) electrons. The van der Waals surface area contributed by atoms with Crippen LogP contribution in [0.2, 0.25) is 0 Å². The van der Waals surface area contributed by atoms with Gasteiger partial charge in [-0.1, -0.05) is 6.07 Å². The van der Waals surface area contributed by atoms with Crippen LogP contribution in [-0.2, 0) is 24.8 Å². The lowest BCUT2D eigenvalue weighted by molar-refractivity contribution is -0.131. The van der Waals surface area contributed by atoms with Crippen LogP contribution in [0.5, 0.6) is 11.5 Å². The van der Waals surface area contributed by atoms with Gasteiger partial charge < -0.3 is 14.6 Å². The van der Waals surface area contributed by atoms with Gasteiger partial charge in [0.15, 0.2) is 11.5 Å². The second kappa shape index (κ2) is 11.1. The van der Waals surface area contributed by atoms with E-state index in [2.05, 4.69) is 5.43 Å². The Balaban J connectivity index is 1.86. The van der Waals surface area contributed by atoms with Crippen LogP contribution in [0.4, 0.5) is 0 Å². The van der Waals surface area contributed by atoms with Crippen LogP contribution in [0.25, 0.3) is 6.08 Å². The van der Waals surface area contributed by atoms with Crippen LogP contribution in [0.1, 0.15) is 28.8 Å². The fourth-order valence-electron chi connectivity index (χ4n) is 3.53. The van der Waals surface area contributed by atoms with Gasteiger partial charge in [0.1, 0.15) is 4.90 Å². The Morgan fingerprint density at radius 1 is 1.03 bits per heavy atom. The average molecular weight is 540 g/mol. The molecule has 2 aromatic rings. The van der Waals surface area contributed by atoms with E-state index in [1.807, 2.05) is 4.83 Å². The molecule has 1 amide bonds. The molecule has 1 fully saturated rings. The number of aliphatic carboxylic acids is 1. The van der Waals surface area contributed by atoms with Crippen LogP contribution in [0.3, 0.4) is 0 Å². The van der Waals surface area contributed by atoms with Gasteiger partial charge in [0.25, 0.3) is 15.9 Å². The molecule has 0 aliphatic carbocycles. The number of carboxylic acids is 1. The monoisotopic (exact) mass is 539 g/mol. The summed E-state index contributed by atoms with van der Waals surface area (Å²) in [7, 11) is -5.73. The first kappa shape index (κ1) is 27.1. The summed E-state index contributed by atoms with van der Waals surface area (Å²) in [5, 5.41) is 8.85. The first-order chi connectivity index (χ1) is 17.0. The van der Waals surface area contributed by atoms with Crippen LogP contribution >= 0.6 is 0 Å². The van der Waals surface area contributed by atoms with E-state index >= 15 is 0 Å². The SMILES string of the molecule is COc1cc(/C=C/C(=O)O)cc(S(=O)(=O)NNC(=O)c2cccc(S(=O)(=O)N3CCCC3)c2)c1OC. The van der Waals surface area contributed by atoms with E-state index in [-0.39, 0.29) is 27.5 Å². The minimum atomic E-state index is -4.45. The summed E-state index contributed by atoms with van der Waals surface area (Å²) in [6, 6.07) is 7.77. The highest BCUT2D eigenvalue weighted by Crippen LogP contribution is 2.36. The number of hydrazine groups is 1. The van der Waals surface area contributed by atoms with Crippen molar-refractivity contribution in [2.24, 2.45) is 0 Å². The maximum absolute atomic E-state index is 13.0. The molecule has 1 aliphatic heterocycles. The summed E-state index contributed by atoms with van der Waals surface area (Å²) in [5.41, 5.74) is 2.15. The van der Waals surface area contributed by atoms with Crippen molar-refractivity contribution in [2.45, 2.75) is 22.6 Å². The smallest absolute Gasteiger partial charge is 0.328 e. The third-order valence-corrected chi connectivity index (χ3v) is 8.42. The predicted octanol–water partition coefficient (Wildman–Crippen LogP) is 1.21. The molecular formula is C22H25N3O9S2. The van der Waals surface area contributed by atoms with Crippen molar-refractivity contribution < 1.29 is 41.0 Å². The third kappa shape index (κ3) is 6.02.